The number of amides is 4. The van der Waals surface area contributed by atoms with Gasteiger partial charge in [-0.3, -0.25) is 14.5 Å². The Morgan fingerprint density at radius 1 is 1.03 bits per heavy atom. The summed E-state index contributed by atoms with van der Waals surface area (Å²) >= 11 is 0. The number of benzene rings is 2. The minimum absolute atomic E-state index is 0.233. The monoisotopic (exact) mass is 477 g/mol. The third-order valence-electron chi connectivity index (χ3n) is 7.15. The van der Waals surface area contributed by atoms with Gasteiger partial charge < -0.3 is 20.1 Å². The molecular formula is C27H31N3O5. The lowest BCUT2D eigenvalue weighted by Gasteiger charge is -2.23. The number of imide groups is 1. The summed E-state index contributed by atoms with van der Waals surface area (Å²) in [5, 5.41) is 5.69. The SMILES string of the molecule is C[C@H](NC(=O)CN1C(=O)N[C@](C)(c2ccc3c(c2)OCCCO3)C1=O)c1ccc2c(c1)CCCC2. The van der Waals surface area contributed by atoms with E-state index in [0.29, 0.717) is 30.3 Å². The first-order valence-corrected chi connectivity index (χ1v) is 12.3. The van der Waals surface area contributed by atoms with Crippen molar-refractivity contribution in [2.75, 3.05) is 19.8 Å². The molecule has 8 heteroatoms. The molecule has 2 N–H and O–H groups in total. The number of nitrogens with zero attached hydrogens (tertiary/aromatic N) is 1. The first-order chi connectivity index (χ1) is 16.8. The highest BCUT2D eigenvalue weighted by molar-refractivity contribution is 6.09. The van der Waals surface area contributed by atoms with Gasteiger partial charge in [0.15, 0.2) is 11.5 Å². The summed E-state index contributed by atoms with van der Waals surface area (Å²) in [6.45, 7) is 4.28. The molecule has 2 aromatic rings. The number of fused-ring (bicyclic) bond motifs is 2. The van der Waals surface area contributed by atoms with Crippen molar-refractivity contribution >= 4 is 17.8 Å². The molecule has 8 nitrogen and oxygen atoms in total. The van der Waals surface area contributed by atoms with Crippen LogP contribution in [0.4, 0.5) is 4.79 Å². The first-order valence-electron chi connectivity index (χ1n) is 12.3. The Labute approximate surface area is 205 Å². The van der Waals surface area contributed by atoms with Crippen molar-refractivity contribution in [3.63, 3.8) is 0 Å². The van der Waals surface area contributed by atoms with Crippen LogP contribution in [-0.4, -0.2) is 42.5 Å². The normalized spacial score (nSPS) is 22.2. The summed E-state index contributed by atoms with van der Waals surface area (Å²) in [7, 11) is 0. The lowest BCUT2D eigenvalue weighted by atomic mass is 9.89. The molecule has 1 fully saturated rings. The van der Waals surface area contributed by atoms with E-state index in [9.17, 15) is 14.4 Å². The number of carbonyl (C=O) groups excluding carboxylic acids is 3. The number of urea groups is 1. The Hall–Kier alpha value is -3.55. The van der Waals surface area contributed by atoms with Gasteiger partial charge in [0.25, 0.3) is 5.91 Å². The summed E-state index contributed by atoms with van der Waals surface area (Å²) < 4.78 is 11.4. The smallest absolute Gasteiger partial charge is 0.325 e. The summed E-state index contributed by atoms with van der Waals surface area (Å²) in [6, 6.07) is 10.7. The van der Waals surface area contributed by atoms with Gasteiger partial charge in [0.1, 0.15) is 12.1 Å². The fraction of sp³-hybridized carbons (Fsp3) is 0.444. The minimum atomic E-state index is -1.30. The maximum absolute atomic E-state index is 13.3. The van der Waals surface area contributed by atoms with E-state index in [0.717, 1.165) is 29.7 Å². The van der Waals surface area contributed by atoms with Crippen molar-refractivity contribution in [1.82, 2.24) is 15.5 Å². The van der Waals surface area contributed by atoms with Crippen LogP contribution in [0.5, 0.6) is 11.5 Å². The Kier molecular flexibility index (Phi) is 6.13. The van der Waals surface area contributed by atoms with E-state index >= 15 is 0 Å². The van der Waals surface area contributed by atoms with Gasteiger partial charge in [-0.15, -0.1) is 0 Å². The van der Waals surface area contributed by atoms with Crippen molar-refractivity contribution in [3.8, 4) is 11.5 Å². The highest BCUT2D eigenvalue weighted by atomic mass is 16.5. The van der Waals surface area contributed by atoms with Gasteiger partial charge in [0.05, 0.1) is 19.3 Å². The fourth-order valence-corrected chi connectivity index (χ4v) is 5.05. The molecule has 0 spiro atoms. The molecule has 0 aromatic heterocycles. The Morgan fingerprint density at radius 2 is 1.77 bits per heavy atom. The predicted molar refractivity (Wildman–Crippen MR) is 129 cm³/mol. The van der Waals surface area contributed by atoms with Crippen LogP contribution in [0.3, 0.4) is 0 Å². The number of hydrogen-bond acceptors (Lipinski definition) is 5. The number of nitrogens with one attached hydrogen (secondary N) is 2. The second kappa shape index (κ2) is 9.24. The number of carbonyl (C=O) groups is 3. The quantitative estimate of drug-likeness (QED) is 0.644. The number of hydrogen-bond donors (Lipinski definition) is 2. The third-order valence-corrected chi connectivity index (χ3v) is 7.15. The van der Waals surface area contributed by atoms with Gasteiger partial charge in [-0.1, -0.05) is 24.3 Å². The zero-order valence-electron chi connectivity index (χ0n) is 20.2. The van der Waals surface area contributed by atoms with Crippen LogP contribution in [0.15, 0.2) is 36.4 Å². The predicted octanol–water partition coefficient (Wildman–Crippen LogP) is 3.37. The Bertz CT molecular complexity index is 1180. The second-order valence-corrected chi connectivity index (χ2v) is 9.68. The molecule has 0 saturated carbocycles. The van der Waals surface area contributed by atoms with E-state index in [1.807, 2.05) is 13.0 Å². The Balaban J connectivity index is 1.27. The van der Waals surface area contributed by atoms with Gasteiger partial charge in [0, 0.05) is 6.42 Å². The molecule has 0 unspecified atom stereocenters. The third kappa shape index (κ3) is 4.45. The van der Waals surface area contributed by atoms with Crippen molar-refractivity contribution in [3.05, 3.63) is 58.7 Å². The molecule has 2 heterocycles. The standard InChI is InChI=1S/C27H31N3O5/c1-17(19-9-8-18-6-3-4-7-20(18)14-19)28-24(31)16-30-25(32)27(2,29-26(30)33)21-10-11-22-23(15-21)35-13-5-12-34-22/h8-11,14-15,17H,3-7,12-13,16H2,1-2H3,(H,28,31)(H,29,33)/t17-,27+/m0/s1. The summed E-state index contributed by atoms with van der Waals surface area (Å²) in [6.07, 6.45) is 5.33. The molecular weight excluding hydrogens is 446 g/mol. The highest BCUT2D eigenvalue weighted by Gasteiger charge is 2.49. The van der Waals surface area contributed by atoms with E-state index in [1.54, 1.807) is 25.1 Å². The van der Waals surface area contributed by atoms with E-state index < -0.39 is 17.5 Å². The second-order valence-electron chi connectivity index (χ2n) is 9.68. The van der Waals surface area contributed by atoms with Gasteiger partial charge >= 0.3 is 6.03 Å². The first kappa shape index (κ1) is 23.2. The van der Waals surface area contributed by atoms with E-state index in [4.69, 9.17) is 9.47 Å². The number of aryl methyl sites for hydroxylation is 2. The summed E-state index contributed by atoms with van der Waals surface area (Å²) in [4.78, 5) is 39.8. The lowest BCUT2D eigenvalue weighted by Crippen LogP contribution is -2.43. The lowest BCUT2D eigenvalue weighted by molar-refractivity contribution is -0.135. The van der Waals surface area contributed by atoms with Gasteiger partial charge in [0.2, 0.25) is 5.91 Å². The zero-order valence-corrected chi connectivity index (χ0v) is 20.2. The molecule has 2 aliphatic heterocycles. The molecule has 1 aliphatic carbocycles. The summed E-state index contributed by atoms with van der Waals surface area (Å²) in [5.41, 5.74) is 3.02. The molecule has 35 heavy (non-hydrogen) atoms. The van der Waals surface area contributed by atoms with Gasteiger partial charge in [-0.2, -0.15) is 0 Å². The maximum atomic E-state index is 13.3. The van der Waals surface area contributed by atoms with Gasteiger partial charge in [-0.05, 0) is 73.9 Å². The largest absolute Gasteiger partial charge is 0.490 e. The van der Waals surface area contributed by atoms with Crippen LogP contribution in [0.2, 0.25) is 0 Å². The van der Waals surface area contributed by atoms with Crippen LogP contribution in [0, 0.1) is 0 Å². The van der Waals surface area contributed by atoms with Crippen LogP contribution in [-0.2, 0) is 28.0 Å². The van der Waals surface area contributed by atoms with Crippen molar-refractivity contribution in [1.29, 1.82) is 0 Å². The number of ether oxygens (including phenoxy) is 2. The van der Waals surface area contributed by atoms with Crippen LogP contribution < -0.4 is 20.1 Å². The zero-order chi connectivity index (χ0) is 24.6. The molecule has 184 valence electrons. The molecule has 1 saturated heterocycles. The summed E-state index contributed by atoms with van der Waals surface area (Å²) in [5.74, 6) is 0.285. The van der Waals surface area contributed by atoms with Crippen molar-refractivity contribution in [2.24, 2.45) is 0 Å². The molecule has 5 rings (SSSR count). The highest BCUT2D eigenvalue weighted by Crippen LogP contribution is 2.36. The molecule has 4 amide bonds. The minimum Gasteiger partial charge on any atom is -0.490 e. The van der Waals surface area contributed by atoms with Crippen LogP contribution in [0.1, 0.15) is 61.4 Å². The molecule has 3 aliphatic rings. The maximum Gasteiger partial charge on any atom is 0.325 e. The Morgan fingerprint density at radius 3 is 2.57 bits per heavy atom. The topological polar surface area (TPSA) is 97.0 Å². The van der Waals surface area contributed by atoms with Crippen LogP contribution in [0.25, 0.3) is 0 Å². The average Bonchev–Trinajstić information content (AvgIpc) is 3.01. The van der Waals surface area contributed by atoms with E-state index in [1.165, 1.54) is 24.0 Å². The van der Waals surface area contributed by atoms with E-state index in [-0.39, 0.29) is 18.5 Å². The average molecular weight is 478 g/mol. The molecule has 0 radical (unpaired) electrons. The van der Waals surface area contributed by atoms with E-state index in [2.05, 4.69) is 22.8 Å². The van der Waals surface area contributed by atoms with Gasteiger partial charge in [-0.25, -0.2) is 4.79 Å². The molecule has 2 aromatic carbocycles. The molecule has 2 atom stereocenters. The van der Waals surface area contributed by atoms with Crippen molar-refractivity contribution < 1.29 is 23.9 Å². The fourth-order valence-electron chi connectivity index (χ4n) is 5.05. The molecule has 0 bridgehead atoms. The van der Waals surface area contributed by atoms with Crippen LogP contribution >= 0.6 is 0 Å². The van der Waals surface area contributed by atoms with Crippen molar-refractivity contribution in [2.45, 2.75) is 57.5 Å². The number of rotatable bonds is 5.